The van der Waals surface area contributed by atoms with Crippen LogP contribution in [0.1, 0.15) is 68.4 Å². The molecule has 3 aliphatic rings. The molecule has 0 saturated heterocycles. The number of carboxylic acid groups (broad SMARTS) is 1. The summed E-state index contributed by atoms with van der Waals surface area (Å²) in [7, 11) is 0. The predicted octanol–water partition coefficient (Wildman–Crippen LogP) is 4.99. The second-order valence-corrected chi connectivity index (χ2v) is 11.0. The van der Waals surface area contributed by atoms with Crippen LogP contribution in [0.5, 0.6) is 11.5 Å². The SMILES string of the molecule is C=C1C(=O)C(OC(=O)c2c(C)cc(O)c(CC=C(C)C)c2O)=C2CC3CC(C)(C(=O)O)CC3C12C. The molecule has 0 heterocycles. The van der Waals surface area contributed by atoms with Crippen molar-refractivity contribution in [2.45, 2.75) is 60.3 Å². The number of hydrogen-bond acceptors (Lipinski definition) is 6. The van der Waals surface area contributed by atoms with Crippen molar-refractivity contribution in [3.05, 3.63) is 57.9 Å². The first-order valence-electron chi connectivity index (χ1n) is 11.8. The van der Waals surface area contributed by atoms with E-state index in [-0.39, 0.29) is 46.6 Å². The van der Waals surface area contributed by atoms with Gasteiger partial charge in [-0.25, -0.2) is 4.79 Å². The molecule has 0 aromatic heterocycles. The largest absolute Gasteiger partial charge is 0.508 e. The number of phenols is 2. The Bertz CT molecular complexity index is 1250. The summed E-state index contributed by atoms with van der Waals surface area (Å²) in [6, 6.07) is 1.40. The number of aromatic hydroxyl groups is 2. The molecule has 7 nitrogen and oxygen atoms in total. The van der Waals surface area contributed by atoms with Crippen LogP contribution in [-0.4, -0.2) is 33.0 Å². The number of fused-ring (bicyclic) bond motifs is 3. The second kappa shape index (κ2) is 8.11. The van der Waals surface area contributed by atoms with E-state index in [0.29, 0.717) is 36.0 Å². The lowest BCUT2D eigenvalue weighted by Crippen LogP contribution is -2.29. The van der Waals surface area contributed by atoms with Crippen LogP contribution >= 0.6 is 0 Å². The number of carbonyl (C=O) groups is 3. The molecule has 1 aromatic rings. The Labute approximate surface area is 204 Å². The van der Waals surface area contributed by atoms with Gasteiger partial charge in [0.05, 0.1) is 5.41 Å². The molecule has 2 fully saturated rings. The predicted molar refractivity (Wildman–Crippen MR) is 129 cm³/mol. The lowest BCUT2D eigenvalue weighted by molar-refractivity contribution is -0.148. The van der Waals surface area contributed by atoms with Gasteiger partial charge in [0.25, 0.3) is 0 Å². The zero-order chi connectivity index (χ0) is 26.0. The average Bonchev–Trinajstić information content (AvgIpc) is 3.29. The Morgan fingerprint density at radius 1 is 1.23 bits per heavy atom. The minimum Gasteiger partial charge on any atom is -0.508 e. The number of aliphatic carboxylic acids is 1. The minimum atomic E-state index is -0.876. The molecule has 4 rings (SSSR count). The maximum absolute atomic E-state index is 13.3. The summed E-state index contributed by atoms with van der Waals surface area (Å²) in [6.45, 7) is 13.0. The molecule has 35 heavy (non-hydrogen) atoms. The van der Waals surface area contributed by atoms with Gasteiger partial charge in [0.2, 0.25) is 5.78 Å². The summed E-state index contributed by atoms with van der Waals surface area (Å²) in [5.41, 5.74) is 0.796. The van der Waals surface area contributed by atoms with Crippen LogP contribution in [-0.2, 0) is 20.7 Å². The summed E-state index contributed by atoms with van der Waals surface area (Å²) in [5, 5.41) is 30.9. The number of allylic oxidation sites excluding steroid dienone is 4. The molecule has 0 radical (unpaired) electrons. The smallest absolute Gasteiger partial charge is 0.347 e. The lowest BCUT2D eigenvalue weighted by Gasteiger charge is -2.31. The standard InChI is InChI=1S/C28H32O7/c1-13(2)7-8-17-20(29)9-14(3)21(23(17)31)25(32)35-24-18-10-16-11-27(5,26(33)34)12-19(16)28(18,6)15(4)22(24)30/h7,9,16,19,29,31H,4,8,10-12H2,1-3,5-6H3,(H,33,34). The third-order valence-corrected chi connectivity index (χ3v) is 8.38. The van der Waals surface area contributed by atoms with Crippen molar-refractivity contribution in [3.8, 4) is 11.5 Å². The van der Waals surface area contributed by atoms with Crippen molar-refractivity contribution in [1.82, 2.24) is 0 Å². The zero-order valence-corrected chi connectivity index (χ0v) is 20.8. The van der Waals surface area contributed by atoms with Gasteiger partial charge in [-0.15, -0.1) is 0 Å². The third-order valence-electron chi connectivity index (χ3n) is 8.38. The van der Waals surface area contributed by atoms with Gasteiger partial charge in [0.15, 0.2) is 5.76 Å². The van der Waals surface area contributed by atoms with Crippen LogP contribution in [0.25, 0.3) is 0 Å². The molecule has 3 aliphatic carbocycles. The van der Waals surface area contributed by atoms with Crippen molar-refractivity contribution >= 4 is 17.7 Å². The molecule has 0 bridgehead atoms. The van der Waals surface area contributed by atoms with Crippen LogP contribution in [0.2, 0.25) is 0 Å². The quantitative estimate of drug-likeness (QED) is 0.308. The van der Waals surface area contributed by atoms with E-state index in [2.05, 4.69) is 6.58 Å². The maximum Gasteiger partial charge on any atom is 0.347 e. The van der Waals surface area contributed by atoms with Crippen molar-refractivity contribution in [2.24, 2.45) is 22.7 Å². The number of rotatable bonds is 5. The number of esters is 1. The van der Waals surface area contributed by atoms with E-state index in [9.17, 15) is 29.7 Å². The van der Waals surface area contributed by atoms with Gasteiger partial charge in [-0.05, 0) is 82.4 Å². The summed E-state index contributed by atoms with van der Waals surface area (Å²) in [4.78, 5) is 38.3. The molecule has 4 unspecified atom stereocenters. The molecule has 0 aliphatic heterocycles. The Balaban J connectivity index is 1.70. The number of carbonyl (C=O) groups excluding carboxylic acids is 2. The molecular weight excluding hydrogens is 448 g/mol. The first kappa shape index (κ1) is 24.8. The minimum absolute atomic E-state index is 0.0501. The Morgan fingerprint density at radius 2 is 1.89 bits per heavy atom. The molecule has 0 amide bonds. The van der Waals surface area contributed by atoms with Gasteiger partial charge in [0, 0.05) is 16.6 Å². The van der Waals surface area contributed by atoms with Crippen LogP contribution in [0, 0.1) is 29.6 Å². The number of phenolic OH excluding ortho intramolecular Hbond substituents is 2. The van der Waals surface area contributed by atoms with Gasteiger partial charge in [-0.1, -0.05) is 25.2 Å². The van der Waals surface area contributed by atoms with E-state index < -0.39 is 28.6 Å². The monoisotopic (exact) mass is 480 g/mol. The molecule has 0 spiro atoms. The average molecular weight is 481 g/mol. The van der Waals surface area contributed by atoms with Gasteiger partial charge in [-0.3, -0.25) is 9.59 Å². The third kappa shape index (κ3) is 3.60. The number of benzene rings is 1. The fourth-order valence-electron chi connectivity index (χ4n) is 6.30. The van der Waals surface area contributed by atoms with Crippen molar-refractivity contribution in [2.75, 3.05) is 0 Å². The number of ketones is 1. The van der Waals surface area contributed by atoms with Gasteiger partial charge in [-0.2, -0.15) is 0 Å². The zero-order valence-electron chi connectivity index (χ0n) is 20.8. The number of Topliss-reactive ketones (excluding diaryl/α,β-unsaturated/α-hetero) is 1. The van der Waals surface area contributed by atoms with Gasteiger partial charge < -0.3 is 20.1 Å². The summed E-state index contributed by atoms with van der Waals surface area (Å²) in [6.07, 6.45) is 3.42. The van der Waals surface area contributed by atoms with E-state index >= 15 is 0 Å². The molecule has 1 aromatic carbocycles. The van der Waals surface area contributed by atoms with E-state index in [1.807, 2.05) is 26.8 Å². The summed E-state index contributed by atoms with van der Waals surface area (Å²) in [5.74, 6) is -2.77. The van der Waals surface area contributed by atoms with Crippen molar-refractivity contribution < 1.29 is 34.4 Å². The first-order valence-corrected chi connectivity index (χ1v) is 11.8. The maximum atomic E-state index is 13.3. The highest BCUT2D eigenvalue weighted by Crippen LogP contribution is 2.67. The number of ether oxygens (including phenoxy) is 1. The summed E-state index contributed by atoms with van der Waals surface area (Å²) >= 11 is 0. The van der Waals surface area contributed by atoms with Crippen LogP contribution in [0.3, 0.4) is 0 Å². The Morgan fingerprint density at radius 3 is 2.49 bits per heavy atom. The fraction of sp³-hybridized carbons (Fsp3) is 0.464. The van der Waals surface area contributed by atoms with E-state index in [0.717, 1.165) is 5.57 Å². The second-order valence-electron chi connectivity index (χ2n) is 11.0. The highest BCUT2D eigenvalue weighted by atomic mass is 16.5. The van der Waals surface area contributed by atoms with E-state index in [4.69, 9.17) is 4.74 Å². The van der Waals surface area contributed by atoms with Gasteiger partial charge >= 0.3 is 11.9 Å². The first-order chi connectivity index (χ1) is 16.2. The molecule has 7 heteroatoms. The Kier molecular flexibility index (Phi) is 5.74. The van der Waals surface area contributed by atoms with Crippen LogP contribution in [0.4, 0.5) is 0 Å². The molecule has 186 valence electrons. The molecule has 2 saturated carbocycles. The van der Waals surface area contributed by atoms with E-state index in [1.165, 1.54) is 6.07 Å². The number of carboxylic acids is 1. The van der Waals surface area contributed by atoms with E-state index in [1.54, 1.807) is 13.8 Å². The number of aryl methyl sites for hydroxylation is 1. The van der Waals surface area contributed by atoms with Crippen LogP contribution in [0.15, 0.2) is 41.2 Å². The topological polar surface area (TPSA) is 121 Å². The molecule has 3 N–H and O–H groups in total. The van der Waals surface area contributed by atoms with Crippen LogP contribution < -0.4 is 0 Å². The highest BCUT2D eigenvalue weighted by molar-refractivity contribution is 6.14. The van der Waals surface area contributed by atoms with Crippen molar-refractivity contribution in [1.29, 1.82) is 0 Å². The van der Waals surface area contributed by atoms with Crippen molar-refractivity contribution in [3.63, 3.8) is 0 Å². The molecule has 4 atom stereocenters. The fourth-order valence-corrected chi connectivity index (χ4v) is 6.30. The lowest BCUT2D eigenvalue weighted by atomic mass is 9.71. The normalized spacial score (nSPS) is 29.3. The highest BCUT2D eigenvalue weighted by Gasteiger charge is 2.64. The van der Waals surface area contributed by atoms with Gasteiger partial charge in [0.1, 0.15) is 17.1 Å². The number of hydrogen-bond donors (Lipinski definition) is 3. The summed E-state index contributed by atoms with van der Waals surface area (Å²) < 4.78 is 5.66. The molecular formula is C28H32O7. The Hall–Kier alpha value is -3.35.